The molecule has 0 fully saturated rings. The van der Waals surface area contributed by atoms with Crippen molar-refractivity contribution in [2.45, 2.75) is 0 Å². The van der Waals surface area contributed by atoms with Gasteiger partial charge in [-0.2, -0.15) is 0 Å². The summed E-state index contributed by atoms with van der Waals surface area (Å²) in [6, 6.07) is 9.52. The lowest BCUT2D eigenvalue weighted by molar-refractivity contribution is -0.384. The number of thiazole rings is 1. The van der Waals surface area contributed by atoms with E-state index < -0.39 is 10.8 Å². The van der Waals surface area contributed by atoms with E-state index in [0.717, 1.165) is 11.3 Å². The van der Waals surface area contributed by atoms with Gasteiger partial charge in [0.25, 0.3) is 11.6 Å². The predicted octanol–water partition coefficient (Wildman–Crippen LogP) is 3.60. The first-order valence-corrected chi connectivity index (χ1v) is 6.96. The van der Waals surface area contributed by atoms with Gasteiger partial charge < -0.3 is 0 Å². The van der Waals surface area contributed by atoms with E-state index in [-0.39, 0.29) is 17.1 Å². The number of nitro groups is 1. The van der Waals surface area contributed by atoms with Crippen LogP contribution in [0, 0.1) is 15.9 Å². The number of anilines is 1. The van der Waals surface area contributed by atoms with E-state index in [4.69, 9.17) is 0 Å². The van der Waals surface area contributed by atoms with Gasteiger partial charge in [0.2, 0.25) is 0 Å². The summed E-state index contributed by atoms with van der Waals surface area (Å²) in [6.45, 7) is 0. The van der Waals surface area contributed by atoms with E-state index in [0.29, 0.717) is 15.3 Å². The van der Waals surface area contributed by atoms with Crippen LogP contribution in [0.15, 0.2) is 42.5 Å². The van der Waals surface area contributed by atoms with Crippen LogP contribution >= 0.6 is 11.3 Å². The Bertz CT molecular complexity index is 894. The number of hydrogen-bond donors (Lipinski definition) is 1. The second-order valence-electron chi connectivity index (χ2n) is 4.39. The van der Waals surface area contributed by atoms with Crippen molar-refractivity contribution in [3.05, 3.63) is 64.0 Å². The van der Waals surface area contributed by atoms with Crippen LogP contribution in [0.1, 0.15) is 10.4 Å². The molecule has 3 rings (SSSR count). The molecular weight excluding hydrogens is 309 g/mol. The molecule has 0 spiro atoms. The van der Waals surface area contributed by atoms with Crippen molar-refractivity contribution in [2.24, 2.45) is 0 Å². The van der Waals surface area contributed by atoms with Gasteiger partial charge in [-0.3, -0.25) is 20.2 Å². The van der Waals surface area contributed by atoms with Crippen LogP contribution in [0.3, 0.4) is 0 Å². The Hall–Kier alpha value is -2.87. The number of non-ortho nitro benzene ring substituents is 1. The maximum atomic E-state index is 13.1. The molecule has 6 nitrogen and oxygen atoms in total. The second-order valence-corrected chi connectivity index (χ2v) is 5.42. The number of nitro benzene ring substituents is 1. The summed E-state index contributed by atoms with van der Waals surface area (Å²) in [5.41, 5.74) is 0.555. The van der Waals surface area contributed by atoms with Crippen LogP contribution in [0.2, 0.25) is 0 Å². The summed E-state index contributed by atoms with van der Waals surface area (Å²) in [5.74, 6) is -0.893. The third-order valence-electron chi connectivity index (χ3n) is 2.89. The van der Waals surface area contributed by atoms with Gasteiger partial charge >= 0.3 is 0 Å². The van der Waals surface area contributed by atoms with E-state index in [2.05, 4.69) is 10.3 Å². The molecule has 0 atom stereocenters. The first-order chi connectivity index (χ1) is 10.5. The molecule has 8 heteroatoms. The van der Waals surface area contributed by atoms with Gasteiger partial charge in [0.15, 0.2) is 5.13 Å². The Morgan fingerprint density at radius 2 is 2.09 bits per heavy atom. The highest BCUT2D eigenvalue weighted by Gasteiger charge is 2.13. The van der Waals surface area contributed by atoms with Gasteiger partial charge in [-0.15, -0.1) is 0 Å². The Labute approximate surface area is 127 Å². The number of fused-ring (bicyclic) bond motifs is 1. The van der Waals surface area contributed by atoms with Gasteiger partial charge in [-0.25, -0.2) is 9.37 Å². The molecule has 1 heterocycles. The molecule has 2 aromatic carbocycles. The van der Waals surface area contributed by atoms with E-state index in [1.54, 1.807) is 0 Å². The third-order valence-corrected chi connectivity index (χ3v) is 3.82. The lowest BCUT2D eigenvalue weighted by Crippen LogP contribution is -2.11. The summed E-state index contributed by atoms with van der Waals surface area (Å²) in [7, 11) is 0. The molecular formula is C14H8FN3O3S. The smallest absolute Gasteiger partial charge is 0.270 e. The van der Waals surface area contributed by atoms with Crippen molar-refractivity contribution < 1.29 is 14.1 Å². The van der Waals surface area contributed by atoms with Gasteiger partial charge in [0.1, 0.15) is 5.82 Å². The molecule has 0 radical (unpaired) electrons. The normalized spacial score (nSPS) is 10.6. The zero-order valence-electron chi connectivity index (χ0n) is 10.9. The summed E-state index contributed by atoms with van der Waals surface area (Å²) in [6.07, 6.45) is 0. The fraction of sp³-hybridized carbons (Fsp3) is 0. The Morgan fingerprint density at radius 3 is 2.86 bits per heavy atom. The molecule has 110 valence electrons. The number of nitrogens with one attached hydrogen (secondary N) is 1. The fourth-order valence-corrected chi connectivity index (χ4v) is 2.77. The monoisotopic (exact) mass is 317 g/mol. The fourth-order valence-electron chi connectivity index (χ4n) is 1.88. The zero-order chi connectivity index (χ0) is 15.7. The summed E-state index contributed by atoms with van der Waals surface area (Å²) < 4.78 is 13.7. The zero-order valence-corrected chi connectivity index (χ0v) is 11.8. The van der Waals surface area contributed by atoms with E-state index in [1.807, 2.05) is 0 Å². The minimum atomic E-state index is -0.572. The number of hydrogen-bond acceptors (Lipinski definition) is 5. The highest BCUT2D eigenvalue weighted by molar-refractivity contribution is 7.22. The molecule has 3 aromatic rings. The summed E-state index contributed by atoms with van der Waals surface area (Å²) in [4.78, 5) is 26.4. The average molecular weight is 317 g/mol. The van der Waals surface area contributed by atoms with Crippen molar-refractivity contribution in [2.75, 3.05) is 5.32 Å². The van der Waals surface area contributed by atoms with E-state index in [1.165, 1.54) is 42.5 Å². The molecule has 0 aliphatic heterocycles. The van der Waals surface area contributed by atoms with Crippen LogP contribution in [0.25, 0.3) is 10.2 Å². The molecule has 0 saturated carbocycles. The van der Waals surface area contributed by atoms with Crippen molar-refractivity contribution in [3.8, 4) is 0 Å². The predicted molar refractivity (Wildman–Crippen MR) is 80.6 cm³/mol. The number of amides is 1. The van der Waals surface area contributed by atoms with Crippen molar-refractivity contribution >= 4 is 38.3 Å². The van der Waals surface area contributed by atoms with Gasteiger partial charge in [-0.1, -0.05) is 17.4 Å². The Kier molecular flexibility index (Phi) is 3.51. The van der Waals surface area contributed by atoms with E-state index in [9.17, 15) is 19.3 Å². The molecule has 0 bridgehead atoms. The first kappa shape index (κ1) is 14.1. The first-order valence-electron chi connectivity index (χ1n) is 6.15. The lowest BCUT2D eigenvalue weighted by atomic mass is 10.2. The standard InChI is InChI=1S/C14H8FN3O3S/c15-9-4-5-11-12(7-9)22-14(16-11)17-13(19)8-2-1-3-10(6-8)18(20)21/h1-7H,(H,16,17,19). The molecule has 1 amide bonds. The molecule has 0 saturated heterocycles. The summed E-state index contributed by atoms with van der Waals surface area (Å²) >= 11 is 1.13. The SMILES string of the molecule is O=C(Nc1nc2ccc(F)cc2s1)c1cccc([N+](=O)[O-])c1. The van der Waals surface area contributed by atoms with Gasteiger partial charge in [0.05, 0.1) is 15.1 Å². The lowest BCUT2D eigenvalue weighted by Gasteiger charge is -2.01. The molecule has 22 heavy (non-hydrogen) atoms. The maximum Gasteiger partial charge on any atom is 0.270 e. The number of nitrogens with zero attached hydrogens (tertiary/aromatic N) is 2. The van der Waals surface area contributed by atoms with E-state index >= 15 is 0 Å². The Morgan fingerprint density at radius 1 is 1.27 bits per heavy atom. The number of halogens is 1. The number of rotatable bonds is 3. The summed E-state index contributed by atoms with van der Waals surface area (Å²) in [5, 5.41) is 13.6. The topological polar surface area (TPSA) is 85.1 Å². The molecule has 0 unspecified atom stereocenters. The maximum absolute atomic E-state index is 13.1. The molecule has 1 N–H and O–H groups in total. The third kappa shape index (κ3) is 2.77. The van der Waals surface area contributed by atoms with Crippen LogP contribution in [0.4, 0.5) is 15.2 Å². The van der Waals surface area contributed by atoms with Crippen LogP contribution < -0.4 is 5.32 Å². The number of aromatic nitrogens is 1. The van der Waals surface area contributed by atoms with Crippen molar-refractivity contribution in [3.63, 3.8) is 0 Å². The number of benzene rings is 2. The van der Waals surface area contributed by atoms with Crippen molar-refractivity contribution in [1.82, 2.24) is 4.98 Å². The largest absolute Gasteiger partial charge is 0.298 e. The Balaban J connectivity index is 1.86. The van der Waals surface area contributed by atoms with Crippen LogP contribution in [0.5, 0.6) is 0 Å². The highest BCUT2D eigenvalue weighted by atomic mass is 32.1. The van der Waals surface area contributed by atoms with Crippen molar-refractivity contribution in [1.29, 1.82) is 0 Å². The van der Waals surface area contributed by atoms with Crippen LogP contribution in [-0.2, 0) is 0 Å². The second kappa shape index (κ2) is 5.49. The average Bonchev–Trinajstić information content (AvgIpc) is 2.88. The minimum absolute atomic E-state index is 0.152. The highest BCUT2D eigenvalue weighted by Crippen LogP contribution is 2.27. The van der Waals surface area contributed by atoms with Gasteiger partial charge in [0, 0.05) is 17.7 Å². The minimum Gasteiger partial charge on any atom is -0.298 e. The molecule has 0 aliphatic carbocycles. The molecule has 0 aliphatic rings. The quantitative estimate of drug-likeness (QED) is 0.591. The van der Waals surface area contributed by atoms with Crippen LogP contribution in [-0.4, -0.2) is 15.8 Å². The number of carbonyl (C=O) groups is 1. The molecule has 1 aromatic heterocycles. The van der Waals surface area contributed by atoms with Gasteiger partial charge in [-0.05, 0) is 24.3 Å². The number of carbonyl (C=O) groups excluding carboxylic acids is 1.